The van der Waals surface area contributed by atoms with E-state index in [1.54, 1.807) is 0 Å². The standard InChI is InChI=1S/C16H26N2O3/c17-14-4-2-1-3-13(14)16(21)18-11-5-6-12(18)8-10(7-11)9-15(19)20/h10-14H,1-9,17H2,(H,19,20). The van der Waals surface area contributed by atoms with Crippen molar-refractivity contribution in [3.63, 3.8) is 0 Å². The number of carbonyl (C=O) groups is 2. The van der Waals surface area contributed by atoms with Gasteiger partial charge in [0.25, 0.3) is 0 Å². The Morgan fingerprint density at radius 1 is 1.05 bits per heavy atom. The monoisotopic (exact) mass is 294 g/mol. The topological polar surface area (TPSA) is 83.6 Å². The molecule has 3 rings (SSSR count). The van der Waals surface area contributed by atoms with Crippen molar-refractivity contribution in [2.45, 2.75) is 75.9 Å². The summed E-state index contributed by atoms with van der Waals surface area (Å²) in [5.74, 6) is -0.223. The van der Waals surface area contributed by atoms with Crippen LogP contribution in [0.25, 0.3) is 0 Å². The van der Waals surface area contributed by atoms with Crippen molar-refractivity contribution in [1.82, 2.24) is 4.90 Å². The molecule has 5 heteroatoms. The summed E-state index contributed by atoms with van der Waals surface area (Å²) < 4.78 is 0. The number of nitrogens with two attached hydrogens (primary N) is 1. The van der Waals surface area contributed by atoms with Crippen molar-refractivity contribution in [3.05, 3.63) is 0 Å². The zero-order valence-electron chi connectivity index (χ0n) is 12.5. The molecule has 1 saturated carbocycles. The molecule has 0 aromatic rings. The van der Waals surface area contributed by atoms with E-state index >= 15 is 0 Å². The third-order valence-electron chi connectivity index (χ3n) is 5.69. The molecule has 2 saturated heterocycles. The number of piperidine rings is 1. The quantitative estimate of drug-likeness (QED) is 0.830. The number of fused-ring (bicyclic) bond motifs is 2. The smallest absolute Gasteiger partial charge is 0.303 e. The molecule has 0 aromatic carbocycles. The fraction of sp³-hybridized carbons (Fsp3) is 0.875. The SMILES string of the molecule is NC1CCCCC1C(=O)N1C2CCC1CC(CC(=O)O)C2. The van der Waals surface area contributed by atoms with E-state index in [0.717, 1.165) is 51.4 Å². The summed E-state index contributed by atoms with van der Waals surface area (Å²) in [6, 6.07) is 0.534. The average Bonchev–Trinajstić information content (AvgIpc) is 2.69. The number of amides is 1. The number of carboxylic acid groups (broad SMARTS) is 1. The molecular formula is C16H26N2O3. The third-order valence-corrected chi connectivity index (χ3v) is 5.69. The van der Waals surface area contributed by atoms with E-state index in [4.69, 9.17) is 10.8 Å². The molecule has 0 spiro atoms. The van der Waals surface area contributed by atoms with E-state index in [-0.39, 0.29) is 42.3 Å². The lowest BCUT2D eigenvalue weighted by atomic mass is 9.82. The maximum Gasteiger partial charge on any atom is 0.303 e. The highest BCUT2D eigenvalue weighted by molar-refractivity contribution is 5.81. The van der Waals surface area contributed by atoms with E-state index < -0.39 is 5.97 Å². The Morgan fingerprint density at radius 2 is 1.67 bits per heavy atom. The Morgan fingerprint density at radius 3 is 2.24 bits per heavy atom. The van der Waals surface area contributed by atoms with Gasteiger partial charge in [-0.05, 0) is 44.4 Å². The van der Waals surface area contributed by atoms with E-state index in [1.807, 2.05) is 0 Å². The second kappa shape index (κ2) is 5.95. The maximum atomic E-state index is 12.9. The van der Waals surface area contributed by atoms with Crippen LogP contribution in [0.15, 0.2) is 0 Å². The molecule has 3 aliphatic rings. The molecule has 21 heavy (non-hydrogen) atoms. The molecule has 1 amide bonds. The van der Waals surface area contributed by atoms with Gasteiger partial charge in [0, 0.05) is 24.5 Å². The largest absolute Gasteiger partial charge is 0.481 e. The van der Waals surface area contributed by atoms with Gasteiger partial charge in [-0.25, -0.2) is 0 Å². The van der Waals surface area contributed by atoms with Gasteiger partial charge in [0.05, 0.1) is 5.92 Å². The van der Waals surface area contributed by atoms with Crippen molar-refractivity contribution in [2.24, 2.45) is 17.6 Å². The van der Waals surface area contributed by atoms with E-state index in [1.165, 1.54) is 0 Å². The number of hydrogen-bond donors (Lipinski definition) is 2. The van der Waals surface area contributed by atoms with Crippen LogP contribution in [-0.4, -0.2) is 40.0 Å². The van der Waals surface area contributed by atoms with Crippen molar-refractivity contribution >= 4 is 11.9 Å². The summed E-state index contributed by atoms with van der Waals surface area (Å²) in [4.78, 5) is 25.9. The van der Waals surface area contributed by atoms with E-state index in [0.29, 0.717) is 0 Å². The molecule has 3 N–H and O–H groups in total. The zero-order chi connectivity index (χ0) is 15.0. The Hall–Kier alpha value is -1.10. The molecule has 2 aliphatic heterocycles. The molecular weight excluding hydrogens is 268 g/mol. The molecule has 2 bridgehead atoms. The van der Waals surface area contributed by atoms with Gasteiger partial charge in [0.15, 0.2) is 0 Å². The third kappa shape index (κ3) is 2.93. The van der Waals surface area contributed by atoms with Gasteiger partial charge in [-0.2, -0.15) is 0 Å². The molecule has 4 atom stereocenters. The van der Waals surface area contributed by atoms with Gasteiger partial charge in [-0.15, -0.1) is 0 Å². The Labute approximate surface area is 125 Å². The predicted molar refractivity (Wildman–Crippen MR) is 78.6 cm³/mol. The lowest BCUT2D eigenvalue weighted by molar-refractivity contribution is -0.143. The second-order valence-electron chi connectivity index (χ2n) is 7.12. The van der Waals surface area contributed by atoms with Crippen LogP contribution in [0.1, 0.15) is 57.8 Å². The summed E-state index contributed by atoms with van der Waals surface area (Å²) in [6.45, 7) is 0. The van der Waals surface area contributed by atoms with E-state index in [9.17, 15) is 9.59 Å². The second-order valence-corrected chi connectivity index (χ2v) is 7.12. The van der Waals surface area contributed by atoms with Crippen molar-refractivity contribution < 1.29 is 14.7 Å². The number of carbonyl (C=O) groups excluding carboxylic acids is 1. The highest BCUT2D eigenvalue weighted by Crippen LogP contribution is 2.41. The average molecular weight is 294 g/mol. The van der Waals surface area contributed by atoms with Crippen LogP contribution in [0, 0.1) is 11.8 Å². The van der Waals surface area contributed by atoms with Crippen LogP contribution in [-0.2, 0) is 9.59 Å². The summed E-state index contributed by atoms with van der Waals surface area (Å²) in [7, 11) is 0. The maximum absolute atomic E-state index is 12.9. The van der Waals surface area contributed by atoms with Crippen LogP contribution < -0.4 is 5.73 Å². The fourth-order valence-corrected chi connectivity index (χ4v) is 4.72. The molecule has 2 heterocycles. The van der Waals surface area contributed by atoms with Crippen molar-refractivity contribution in [3.8, 4) is 0 Å². The summed E-state index contributed by atoms with van der Waals surface area (Å²) in [5, 5.41) is 8.98. The molecule has 4 unspecified atom stereocenters. The van der Waals surface area contributed by atoms with Gasteiger partial charge in [-0.1, -0.05) is 12.8 Å². The number of aliphatic carboxylic acids is 1. The van der Waals surface area contributed by atoms with Crippen LogP contribution in [0.2, 0.25) is 0 Å². The van der Waals surface area contributed by atoms with Gasteiger partial charge in [0.2, 0.25) is 5.91 Å². The van der Waals surface area contributed by atoms with Gasteiger partial charge >= 0.3 is 5.97 Å². The first kappa shape index (κ1) is 14.8. The Kier molecular flexibility index (Phi) is 4.20. The first-order valence-electron chi connectivity index (χ1n) is 8.35. The number of carboxylic acids is 1. The molecule has 118 valence electrons. The van der Waals surface area contributed by atoms with Gasteiger partial charge in [0.1, 0.15) is 0 Å². The first-order chi connectivity index (χ1) is 10.1. The molecule has 5 nitrogen and oxygen atoms in total. The van der Waals surface area contributed by atoms with E-state index in [2.05, 4.69) is 4.90 Å². The Balaban J connectivity index is 1.67. The van der Waals surface area contributed by atoms with Crippen molar-refractivity contribution in [1.29, 1.82) is 0 Å². The highest BCUT2D eigenvalue weighted by Gasteiger charge is 2.46. The molecule has 0 radical (unpaired) electrons. The molecule has 1 aliphatic carbocycles. The summed E-state index contributed by atoms with van der Waals surface area (Å²) in [6.07, 6.45) is 8.16. The minimum atomic E-state index is -0.714. The number of hydrogen-bond acceptors (Lipinski definition) is 3. The lowest BCUT2D eigenvalue weighted by Gasteiger charge is -2.42. The minimum Gasteiger partial charge on any atom is -0.481 e. The van der Waals surface area contributed by atoms with Crippen LogP contribution in [0.4, 0.5) is 0 Å². The highest BCUT2D eigenvalue weighted by atomic mass is 16.4. The zero-order valence-corrected chi connectivity index (χ0v) is 12.5. The summed E-state index contributed by atoms with van der Waals surface area (Å²) >= 11 is 0. The minimum absolute atomic E-state index is 0.00197. The van der Waals surface area contributed by atoms with Gasteiger partial charge < -0.3 is 15.7 Å². The normalized spacial score (nSPS) is 39.3. The predicted octanol–water partition coefficient (Wildman–Crippen LogP) is 1.75. The van der Waals surface area contributed by atoms with Crippen LogP contribution >= 0.6 is 0 Å². The van der Waals surface area contributed by atoms with Crippen LogP contribution in [0.5, 0.6) is 0 Å². The molecule has 3 fully saturated rings. The number of nitrogens with zero attached hydrogens (tertiary/aromatic N) is 1. The lowest BCUT2D eigenvalue weighted by Crippen LogP contribution is -2.52. The van der Waals surface area contributed by atoms with Crippen LogP contribution in [0.3, 0.4) is 0 Å². The molecule has 0 aromatic heterocycles. The summed E-state index contributed by atoms with van der Waals surface area (Å²) in [5.41, 5.74) is 6.17. The van der Waals surface area contributed by atoms with Gasteiger partial charge in [-0.3, -0.25) is 9.59 Å². The Bertz CT molecular complexity index is 412. The van der Waals surface area contributed by atoms with Crippen molar-refractivity contribution in [2.75, 3.05) is 0 Å². The number of rotatable bonds is 3. The fourth-order valence-electron chi connectivity index (χ4n) is 4.72. The first-order valence-corrected chi connectivity index (χ1v) is 8.35.